The molecular weight excluding hydrogens is 150 g/mol. The molecule has 0 aliphatic carbocycles. The summed E-state index contributed by atoms with van der Waals surface area (Å²) in [6.07, 6.45) is 1.61. The fraction of sp³-hybridized carbons (Fsp3) is 0. The number of rotatable bonds is 1. The Kier molecular flexibility index (Phi) is 1.67. The number of aromatic nitrogens is 1. The van der Waals surface area contributed by atoms with Crippen LogP contribution in [0.25, 0.3) is 11.1 Å². The molecule has 2 rings (SSSR count). The topological polar surface area (TPSA) is 26.0 Å². The third-order valence-corrected chi connectivity index (χ3v) is 1.73. The maximum absolute atomic E-state index is 4.79. The molecule has 1 radical (unpaired) electrons. The van der Waals surface area contributed by atoms with Crippen molar-refractivity contribution < 1.29 is 4.52 Å². The van der Waals surface area contributed by atoms with Crippen LogP contribution < -0.4 is 0 Å². The molecular formula is C10H8NO. The molecule has 0 amide bonds. The van der Waals surface area contributed by atoms with E-state index >= 15 is 0 Å². The van der Waals surface area contributed by atoms with Gasteiger partial charge < -0.3 is 4.52 Å². The van der Waals surface area contributed by atoms with Gasteiger partial charge in [0.15, 0.2) is 0 Å². The van der Waals surface area contributed by atoms with Gasteiger partial charge in [-0.25, -0.2) is 0 Å². The van der Waals surface area contributed by atoms with Crippen molar-refractivity contribution in [1.82, 2.24) is 5.16 Å². The molecule has 1 aromatic carbocycles. The second kappa shape index (κ2) is 2.81. The van der Waals surface area contributed by atoms with Crippen LogP contribution in [-0.4, -0.2) is 5.16 Å². The molecule has 0 fully saturated rings. The van der Waals surface area contributed by atoms with Gasteiger partial charge in [-0.1, -0.05) is 35.5 Å². The third-order valence-electron chi connectivity index (χ3n) is 1.73. The highest BCUT2D eigenvalue weighted by Crippen LogP contribution is 2.21. The van der Waals surface area contributed by atoms with Crippen molar-refractivity contribution in [3.05, 3.63) is 49.2 Å². The Bertz CT molecular complexity index is 364. The molecule has 0 spiro atoms. The van der Waals surface area contributed by atoms with Crippen LogP contribution in [0.2, 0.25) is 0 Å². The van der Waals surface area contributed by atoms with Gasteiger partial charge in [-0.3, -0.25) is 0 Å². The van der Waals surface area contributed by atoms with Gasteiger partial charge in [0.2, 0.25) is 0 Å². The summed E-state index contributed by atoms with van der Waals surface area (Å²) in [5, 5.41) is 3.71. The summed E-state index contributed by atoms with van der Waals surface area (Å²) in [6.45, 7) is 3.75. The molecule has 0 aliphatic heterocycles. The number of hydrogen-bond donors (Lipinski definition) is 0. The summed E-state index contributed by atoms with van der Waals surface area (Å²) in [5.74, 6) is 0. The van der Waals surface area contributed by atoms with Crippen LogP contribution in [0.5, 0.6) is 0 Å². The molecule has 2 heteroatoms. The molecule has 0 N–H and O–H groups in total. The van der Waals surface area contributed by atoms with E-state index in [1.807, 2.05) is 30.3 Å². The highest BCUT2D eigenvalue weighted by Gasteiger charge is 2.03. The van der Waals surface area contributed by atoms with Crippen LogP contribution >= 0.6 is 0 Å². The van der Waals surface area contributed by atoms with E-state index in [4.69, 9.17) is 4.52 Å². The van der Waals surface area contributed by atoms with Gasteiger partial charge in [-0.05, 0) is 12.5 Å². The van der Waals surface area contributed by atoms with E-state index in [9.17, 15) is 0 Å². The van der Waals surface area contributed by atoms with Crippen molar-refractivity contribution in [1.29, 1.82) is 0 Å². The summed E-state index contributed by atoms with van der Waals surface area (Å²) in [6, 6.07) is 9.92. The van der Waals surface area contributed by atoms with Gasteiger partial charge in [0, 0.05) is 5.56 Å². The Morgan fingerprint density at radius 2 is 1.92 bits per heavy atom. The van der Waals surface area contributed by atoms with Gasteiger partial charge in [-0.15, -0.1) is 0 Å². The Morgan fingerprint density at radius 1 is 1.17 bits per heavy atom. The van der Waals surface area contributed by atoms with E-state index in [2.05, 4.69) is 12.1 Å². The zero-order chi connectivity index (χ0) is 8.39. The van der Waals surface area contributed by atoms with E-state index in [-0.39, 0.29) is 0 Å². The molecule has 12 heavy (non-hydrogen) atoms. The van der Waals surface area contributed by atoms with Gasteiger partial charge >= 0.3 is 0 Å². The third kappa shape index (κ3) is 1.11. The van der Waals surface area contributed by atoms with E-state index in [1.54, 1.807) is 6.26 Å². The molecule has 0 saturated carbocycles. The average molecular weight is 158 g/mol. The monoisotopic (exact) mass is 158 g/mol. The van der Waals surface area contributed by atoms with Gasteiger partial charge in [0.25, 0.3) is 0 Å². The molecule has 1 aromatic heterocycles. The molecule has 2 aromatic rings. The predicted molar refractivity (Wildman–Crippen MR) is 46.4 cm³/mol. The Morgan fingerprint density at radius 3 is 2.50 bits per heavy atom. The van der Waals surface area contributed by atoms with Gasteiger partial charge in [0.1, 0.15) is 6.26 Å². The Hall–Kier alpha value is -1.57. The first-order valence-electron chi connectivity index (χ1n) is 3.69. The van der Waals surface area contributed by atoms with Crippen LogP contribution in [0.3, 0.4) is 0 Å². The second-order valence-electron chi connectivity index (χ2n) is 2.54. The lowest BCUT2D eigenvalue weighted by molar-refractivity contribution is 0.417. The Labute approximate surface area is 70.8 Å². The van der Waals surface area contributed by atoms with E-state index in [0.29, 0.717) is 5.69 Å². The molecule has 0 bridgehead atoms. The minimum Gasteiger partial charge on any atom is -0.364 e. The zero-order valence-corrected chi connectivity index (χ0v) is 6.53. The SMILES string of the molecule is [CH2]c1nocc1-c1ccccc1. The first-order valence-corrected chi connectivity index (χ1v) is 3.69. The summed E-state index contributed by atoms with van der Waals surface area (Å²) in [5.41, 5.74) is 2.72. The average Bonchev–Trinajstić information content (AvgIpc) is 2.53. The minimum atomic E-state index is 0.682. The highest BCUT2D eigenvalue weighted by atomic mass is 16.5. The smallest absolute Gasteiger partial charge is 0.131 e. The molecule has 1 heterocycles. The number of hydrogen-bond acceptors (Lipinski definition) is 2. The quantitative estimate of drug-likeness (QED) is 0.637. The Balaban J connectivity index is 2.51. The van der Waals surface area contributed by atoms with Crippen LogP contribution in [0, 0.1) is 6.92 Å². The van der Waals surface area contributed by atoms with Crippen molar-refractivity contribution in [3.8, 4) is 11.1 Å². The maximum atomic E-state index is 4.79. The van der Waals surface area contributed by atoms with Crippen molar-refractivity contribution in [2.75, 3.05) is 0 Å². The van der Waals surface area contributed by atoms with E-state index < -0.39 is 0 Å². The summed E-state index contributed by atoms with van der Waals surface area (Å²) < 4.78 is 4.79. The van der Waals surface area contributed by atoms with Crippen LogP contribution in [-0.2, 0) is 0 Å². The minimum absolute atomic E-state index is 0.682. The fourth-order valence-electron chi connectivity index (χ4n) is 1.11. The first-order chi connectivity index (χ1) is 5.88. The van der Waals surface area contributed by atoms with Crippen molar-refractivity contribution in [3.63, 3.8) is 0 Å². The standard InChI is InChI=1S/C10H8NO/c1-8-10(7-12-11-8)9-5-3-2-4-6-9/h2-7H,1H2. The summed E-state index contributed by atoms with van der Waals surface area (Å²) in [4.78, 5) is 0. The normalized spacial score (nSPS) is 10.1. The highest BCUT2D eigenvalue weighted by molar-refractivity contribution is 5.64. The molecule has 0 aliphatic rings. The van der Waals surface area contributed by atoms with Gasteiger partial charge in [-0.2, -0.15) is 0 Å². The number of nitrogens with zero attached hydrogens (tertiary/aromatic N) is 1. The van der Waals surface area contributed by atoms with Crippen LogP contribution in [0.15, 0.2) is 41.1 Å². The van der Waals surface area contributed by atoms with Crippen molar-refractivity contribution >= 4 is 0 Å². The van der Waals surface area contributed by atoms with Gasteiger partial charge in [0.05, 0.1) is 5.69 Å². The molecule has 0 unspecified atom stereocenters. The lowest BCUT2D eigenvalue weighted by atomic mass is 10.1. The largest absolute Gasteiger partial charge is 0.364 e. The predicted octanol–water partition coefficient (Wildman–Crippen LogP) is 2.52. The lowest BCUT2D eigenvalue weighted by Gasteiger charge is -1.94. The number of benzene rings is 1. The molecule has 0 saturated heterocycles. The summed E-state index contributed by atoms with van der Waals surface area (Å²) in [7, 11) is 0. The lowest BCUT2D eigenvalue weighted by Crippen LogP contribution is -1.76. The first kappa shape index (κ1) is 7.10. The van der Waals surface area contributed by atoms with Crippen LogP contribution in [0.1, 0.15) is 5.69 Å². The summed E-state index contributed by atoms with van der Waals surface area (Å²) >= 11 is 0. The second-order valence-corrected chi connectivity index (χ2v) is 2.54. The fourth-order valence-corrected chi connectivity index (χ4v) is 1.11. The van der Waals surface area contributed by atoms with Crippen molar-refractivity contribution in [2.45, 2.75) is 0 Å². The zero-order valence-electron chi connectivity index (χ0n) is 6.53. The van der Waals surface area contributed by atoms with E-state index in [1.165, 1.54) is 0 Å². The maximum Gasteiger partial charge on any atom is 0.131 e. The molecule has 59 valence electrons. The van der Waals surface area contributed by atoms with Crippen LogP contribution in [0.4, 0.5) is 0 Å². The van der Waals surface area contributed by atoms with Crippen molar-refractivity contribution in [2.24, 2.45) is 0 Å². The molecule has 0 atom stereocenters. The van der Waals surface area contributed by atoms with E-state index in [0.717, 1.165) is 11.1 Å². The molecule has 2 nitrogen and oxygen atoms in total.